The van der Waals surface area contributed by atoms with Crippen molar-refractivity contribution in [1.29, 1.82) is 0 Å². The van der Waals surface area contributed by atoms with Crippen LogP contribution in [0.15, 0.2) is 41.3 Å². The molecule has 0 aliphatic carbocycles. The van der Waals surface area contributed by atoms with E-state index in [9.17, 15) is 4.79 Å². The van der Waals surface area contributed by atoms with E-state index in [-0.39, 0.29) is 5.91 Å². The molecule has 1 N–H and O–H groups in total. The molecule has 2 rings (SSSR count). The Balaban J connectivity index is 1.99. The van der Waals surface area contributed by atoms with Crippen LogP contribution in [0, 0.1) is 13.8 Å². The van der Waals surface area contributed by atoms with Crippen LogP contribution in [0.2, 0.25) is 0 Å². The predicted octanol–water partition coefficient (Wildman–Crippen LogP) is 4.05. The van der Waals surface area contributed by atoms with E-state index in [1.165, 1.54) is 22.9 Å². The van der Waals surface area contributed by atoms with Crippen LogP contribution in [-0.4, -0.2) is 25.9 Å². The van der Waals surface area contributed by atoms with Crippen LogP contribution in [0.1, 0.15) is 11.1 Å². The maximum Gasteiger partial charge on any atom is 0.234 e. The maximum absolute atomic E-state index is 12.2. The van der Waals surface area contributed by atoms with E-state index < -0.39 is 0 Å². The Bertz CT molecular complexity index is 701. The summed E-state index contributed by atoms with van der Waals surface area (Å²) in [5.41, 5.74) is 3.05. The van der Waals surface area contributed by atoms with Gasteiger partial charge in [-0.15, -0.1) is 11.8 Å². The summed E-state index contributed by atoms with van der Waals surface area (Å²) in [7, 11) is 3.16. The van der Waals surface area contributed by atoms with Gasteiger partial charge in [0.15, 0.2) is 0 Å². The summed E-state index contributed by atoms with van der Waals surface area (Å²) < 4.78 is 10.4. The number of aryl methyl sites for hydroxylation is 2. The van der Waals surface area contributed by atoms with E-state index >= 15 is 0 Å². The minimum Gasteiger partial charge on any atom is -0.497 e. The average molecular weight is 331 g/mol. The van der Waals surface area contributed by atoms with Crippen molar-refractivity contribution in [2.24, 2.45) is 0 Å². The van der Waals surface area contributed by atoms with Gasteiger partial charge in [0.25, 0.3) is 0 Å². The third kappa shape index (κ3) is 4.66. The first-order valence-electron chi connectivity index (χ1n) is 7.25. The van der Waals surface area contributed by atoms with Crippen molar-refractivity contribution in [1.82, 2.24) is 0 Å². The molecule has 0 radical (unpaired) electrons. The lowest BCUT2D eigenvalue weighted by molar-refractivity contribution is -0.113. The second-order valence-corrected chi connectivity index (χ2v) is 6.19. The van der Waals surface area contributed by atoms with Gasteiger partial charge in [-0.25, -0.2) is 0 Å². The second-order valence-electron chi connectivity index (χ2n) is 5.17. The van der Waals surface area contributed by atoms with Crippen LogP contribution >= 0.6 is 11.8 Å². The molecule has 0 bridgehead atoms. The molecule has 4 nitrogen and oxygen atoms in total. The van der Waals surface area contributed by atoms with Gasteiger partial charge < -0.3 is 14.8 Å². The van der Waals surface area contributed by atoms with Gasteiger partial charge in [0, 0.05) is 11.0 Å². The molecule has 0 aliphatic heterocycles. The Morgan fingerprint density at radius 3 is 2.52 bits per heavy atom. The molecule has 0 aliphatic rings. The Morgan fingerprint density at radius 2 is 1.87 bits per heavy atom. The van der Waals surface area contributed by atoms with Gasteiger partial charge in [-0.1, -0.05) is 17.7 Å². The van der Waals surface area contributed by atoms with Gasteiger partial charge in [0.1, 0.15) is 11.5 Å². The minimum atomic E-state index is -0.0709. The van der Waals surface area contributed by atoms with Crippen molar-refractivity contribution in [3.63, 3.8) is 0 Å². The number of thioether (sulfide) groups is 1. The van der Waals surface area contributed by atoms with Crippen LogP contribution in [0.4, 0.5) is 5.69 Å². The van der Waals surface area contributed by atoms with Crippen LogP contribution in [-0.2, 0) is 4.79 Å². The number of methoxy groups -OCH3 is 2. The number of benzene rings is 2. The molecule has 0 unspecified atom stereocenters. The van der Waals surface area contributed by atoms with Crippen molar-refractivity contribution < 1.29 is 14.3 Å². The summed E-state index contributed by atoms with van der Waals surface area (Å²) in [6.07, 6.45) is 0. The van der Waals surface area contributed by atoms with Gasteiger partial charge >= 0.3 is 0 Å². The number of hydrogen-bond donors (Lipinski definition) is 1. The second kappa shape index (κ2) is 7.92. The van der Waals surface area contributed by atoms with Gasteiger partial charge in [-0.3, -0.25) is 4.79 Å². The molecule has 2 aromatic carbocycles. The SMILES string of the molecule is COc1ccc(NC(=O)CSc2ccc(C)cc2C)c(OC)c1. The summed E-state index contributed by atoms with van der Waals surface area (Å²) in [5, 5.41) is 2.87. The monoisotopic (exact) mass is 331 g/mol. The third-order valence-corrected chi connectivity index (χ3v) is 4.55. The third-order valence-electron chi connectivity index (χ3n) is 3.37. The molecule has 122 valence electrons. The molecule has 0 heterocycles. The van der Waals surface area contributed by atoms with E-state index in [4.69, 9.17) is 9.47 Å². The molecule has 1 amide bonds. The predicted molar refractivity (Wildman–Crippen MR) is 94.8 cm³/mol. The first-order chi connectivity index (χ1) is 11.0. The normalized spacial score (nSPS) is 10.3. The Labute approximate surface area is 141 Å². The highest BCUT2D eigenvalue weighted by Crippen LogP contribution is 2.29. The van der Waals surface area contributed by atoms with Crippen molar-refractivity contribution in [2.75, 3.05) is 25.3 Å². The number of hydrogen-bond acceptors (Lipinski definition) is 4. The maximum atomic E-state index is 12.2. The number of carbonyl (C=O) groups excluding carboxylic acids is 1. The topological polar surface area (TPSA) is 47.6 Å². The summed E-state index contributed by atoms with van der Waals surface area (Å²) in [6, 6.07) is 11.5. The quantitative estimate of drug-likeness (QED) is 0.811. The van der Waals surface area contributed by atoms with Crippen LogP contribution in [0.3, 0.4) is 0 Å². The molecule has 23 heavy (non-hydrogen) atoms. The molecule has 0 spiro atoms. The van der Waals surface area contributed by atoms with Crippen molar-refractivity contribution in [3.8, 4) is 11.5 Å². The number of amides is 1. The highest BCUT2D eigenvalue weighted by Gasteiger charge is 2.10. The Kier molecular flexibility index (Phi) is 5.93. The molecule has 0 fully saturated rings. The molecule has 0 aromatic heterocycles. The fraction of sp³-hybridized carbons (Fsp3) is 0.278. The molecule has 0 saturated heterocycles. The molecule has 0 atom stereocenters. The lowest BCUT2D eigenvalue weighted by Gasteiger charge is -2.12. The number of carbonyl (C=O) groups is 1. The zero-order valence-electron chi connectivity index (χ0n) is 13.8. The summed E-state index contributed by atoms with van der Waals surface area (Å²) in [6.45, 7) is 4.11. The Hall–Kier alpha value is -2.14. The van der Waals surface area contributed by atoms with Gasteiger partial charge in [0.2, 0.25) is 5.91 Å². The van der Waals surface area contributed by atoms with E-state index in [0.717, 1.165) is 4.90 Å². The average Bonchev–Trinajstić information content (AvgIpc) is 2.54. The highest BCUT2D eigenvalue weighted by atomic mass is 32.2. The number of nitrogens with one attached hydrogen (secondary N) is 1. The smallest absolute Gasteiger partial charge is 0.234 e. The number of rotatable bonds is 6. The number of anilines is 1. The van der Waals surface area contributed by atoms with Crippen LogP contribution < -0.4 is 14.8 Å². The van der Waals surface area contributed by atoms with E-state index in [0.29, 0.717) is 22.9 Å². The molecular formula is C18H21NO3S. The molecule has 0 saturated carbocycles. The van der Waals surface area contributed by atoms with Crippen molar-refractivity contribution in [2.45, 2.75) is 18.7 Å². The first-order valence-corrected chi connectivity index (χ1v) is 8.24. The summed E-state index contributed by atoms with van der Waals surface area (Å²) in [4.78, 5) is 13.3. The highest BCUT2D eigenvalue weighted by molar-refractivity contribution is 8.00. The van der Waals surface area contributed by atoms with E-state index in [2.05, 4.69) is 37.4 Å². The van der Waals surface area contributed by atoms with E-state index in [1.54, 1.807) is 32.4 Å². The molecule has 5 heteroatoms. The minimum absolute atomic E-state index is 0.0709. The zero-order valence-corrected chi connectivity index (χ0v) is 14.6. The standard InChI is InChI=1S/C18H21NO3S/c1-12-5-8-17(13(2)9-12)23-11-18(20)19-15-7-6-14(21-3)10-16(15)22-4/h5-10H,11H2,1-4H3,(H,19,20). The van der Waals surface area contributed by atoms with Crippen molar-refractivity contribution >= 4 is 23.4 Å². The molecular weight excluding hydrogens is 310 g/mol. The first kappa shape index (κ1) is 17.2. The zero-order chi connectivity index (χ0) is 16.8. The summed E-state index contributed by atoms with van der Waals surface area (Å²) >= 11 is 1.53. The van der Waals surface area contributed by atoms with Crippen LogP contribution in [0.25, 0.3) is 0 Å². The Morgan fingerprint density at radius 1 is 1.09 bits per heavy atom. The van der Waals surface area contributed by atoms with Crippen LogP contribution in [0.5, 0.6) is 11.5 Å². The lowest BCUT2D eigenvalue weighted by atomic mass is 10.2. The molecule has 2 aromatic rings. The van der Waals surface area contributed by atoms with Gasteiger partial charge in [-0.05, 0) is 37.6 Å². The summed E-state index contributed by atoms with van der Waals surface area (Å²) in [5.74, 6) is 1.54. The van der Waals surface area contributed by atoms with Gasteiger partial charge in [0.05, 0.1) is 25.7 Å². The van der Waals surface area contributed by atoms with Crippen molar-refractivity contribution in [3.05, 3.63) is 47.5 Å². The van der Waals surface area contributed by atoms with E-state index in [1.807, 2.05) is 0 Å². The fourth-order valence-electron chi connectivity index (χ4n) is 2.19. The van der Waals surface area contributed by atoms with Gasteiger partial charge in [-0.2, -0.15) is 0 Å². The largest absolute Gasteiger partial charge is 0.497 e. The lowest BCUT2D eigenvalue weighted by Crippen LogP contribution is -2.14. The number of ether oxygens (including phenoxy) is 2. The fourth-order valence-corrected chi connectivity index (χ4v) is 3.00.